The molecular weight excluding hydrogens is 460 g/mol. The Balaban J connectivity index is 1.82. The number of amides is 2. The smallest absolute Gasteiger partial charge is 0.325 e. The number of benzene rings is 2. The molecule has 0 fully saturated rings. The van der Waals surface area contributed by atoms with Crippen molar-refractivity contribution < 1.29 is 19.2 Å². The molecule has 0 aliphatic rings. The SMILES string of the molecule is CCOC(=O)CNC(=O)NC(C)c1nnc(SCc2ccccc2)n1-c1ccc([N+](=O)[O-])cc1. The molecule has 0 radical (unpaired) electrons. The molecule has 0 spiro atoms. The maximum absolute atomic E-state index is 12.3. The van der Waals surface area contributed by atoms with Crippen LogP contribution in [0, 0.1) is 10.1 Å². The molecule has 3 aromatic rings. The van der Waals surface area contributed by atoms with Crippen molar-refractivity contribution in [2.24, 2.45) is 0 Å². The number of nitrogens with zero attached hydrogens (tertiary/aromatic N) is 4. The molecule has 2 aromatic carbocycles. The minimum atomic E-state index is -0.587. The van der Waals surface area contributed by atoms with Gasteiger partial charge < -0.3 is 15.4 Å². The molecule has 2 amide bonds. The van der Waals surface area contributed by atoms with E-state index in [9.17, 15) is 19.7 Å². The van der Waals surface area contributed by atoms with Crippen molar-refractivity contribution in [2.75, 3.05) is 13.2 Å². The van der Waals surface area contributed by atoms with Crippen LogP contribution in [0.2, 0.25) is 0 Å². The van der Waals surface area contributed by atoms with Crippen LogP contribution in [0.5, 0.6) is 0 Å². The van der Waals surface area contributed by atoms with Crippen molar-refractivity contribution in [3.63, 3.8) is 0 Å². The lowest BCUT2D eigenvalue weighted by Crippen LogP contribution is -2.40. The maximum atomic E-state index is 12.3. The molecule has 0 aliphatic carbocycles. The Morgan fingerprint density at radius 1 is 1.15 bits per heavy atom. The number of thioether (sulfide) groups is 1. The first-order valence-corrected chi connectivity index (χ1v) is 11.4. The van der Waals surface area contributed by atoms with E-state index in [-0.39, 0.29) is 18.8 Å². The highest BCUT2D eigenvalue weighted by Gasteiger charge is 2.22. The number of carbonyl (C=O) groups excluding carboxylic acids is 2. The highest BCUT2D eigenvalue weighted by molar-refractivity contribution is 7.98. The van der Waals surface area contributed by atoms with Crippen LogP contribution >= 0.6 is 11.8 Å². The Kier molecular flexibility index (Phi) is 8.57. The van der Waals surface area contributed by atoms with Crippen LogP contribution in [-0.2, 0) is 15.3 Å². The van der Waals surface area contributed by atoms with Gasteiger partial charge in [0, 0.05) is 23.6 Å². The molecule has 34 heavy (non-hydrogen) atoms. The number of hydrogen-bond acceptors (Lipinski definition) is 8. The average Bonchev–Trinajstić information content (AvgIpc) is 3.26. The van der Waals surface area contributed by atoms with E-state index in [1.165, 1.54) is 23.9 Å². The van der Waals surface area contributed by atoms with Crippen molar-refractivity contribution in [1.82, 2.24) is 25.4 Å². The summed E-state index contributed by atoms with van der Waals surface area (Å²) in [6.07, 6.45) is 0. The van der Waals surface area contributed by atoms with E-state index in [0.29, 0.717) is 22.4 Å². The normalized spacial score (nSPS) is 11.5. The summed E-state index contributed by atoms with van der Waals surface area (Å²) in [5.74, 6) is 0.517. The number of nitrogens with one attached hydrogen (secondary N) is 2. The Labute approximate surface area is 200 Å². The van der Waals surface area contributed by atoms with Crippen molar-refractivity contribution in [2.45, 2.75) is 30.8 Å². The largest absolute Gasteiger partial charge is 0.465 e. The standard InChI is InChI=1S/C22H24N6O5S/c1-3-33-19(29)13-23-21(30)24-15(2)20-25-26-22(34-14-16-7-5-4-6-8-16)27(20)17-9-11-18(12-10-17)28(31)32/h4-12,15H,3,13-14H2,1-2H3,(H2,23,24,30). The number of rotatable bonds is 10. The number of nitro benzene ring substituents is 1. The molecule has 0 saturated heterocycles. The summed E-state index contributed by atoms with van der Waals surface area (Å²) in [6.45, 7) is 3.36. The van der Waals surface area contributed by atoms with Gasteiger partial charge in [0.15, 0.2) is 11.0 Å². The van der Waals surface area contributed by atoms with E-state index >= 15 is 0 Å². The topological polar surface area (TPSA) is 141 Å². The molecule has 0 bridgehead atoms. The number of ether oxygens (including phenoxy) is 1. The van der Waals surface area contributed by atoms with Crippen LogP contribution in [0.15, 0.2) is 59.8 Å². The van der Waals surface area contributed by atoms with Crippen molar-refractivity contribution in [1.29, 1.82) is 0 Å². The van der Waals surface area contributed by atoms with Gasteiger partial charge in [-0.25, -0.2) is 4.79 Å². The second-order valence-corrected chi connectivity index (χ2v) is 8.02. The molecule has 1 aromatic heterocycles. The Morgan fingerprint density at radius 3 is 2.50 bits per heavy atom. The fourth-order valence-corrected chi connectivity index (χ4v) is 3.93. The molecule has 1 unspecified atom stereocenters. The van der Waals surface area contributed by atoms with E-state index in [1.54, 1.807) is 30.5 Å². The van der Waals surface area contributed by atoms with E-state index in [0.717, 1.165) is 5.56 Å². The second kappa shape index (κ2) is 11.8. The van der Waals surface area contributed by atoms with Gasteiger partial charge in [0.25, 0.3) is 5.69 Å². The number of esters is 1. The summed E-state index contributed by atoms with van der Waals surface area (Å²) in [6, 6.07) is 14.7. The molecule has 1 heterocycles. The zero-order valence-corrected chi connectivity index (χ0v) is 19.4. The molecular formula is C22H24N6O5S. The van der Waals surface area contributed by atoms with E-state index in [4.69, 9.17) is 4.74 Å². The predicted octanol–water partition coefficient (Wildman–Crippen LogP) is 3.39. The van der Waals surface area contributed by atoms with E-state index < -0.39 is 23.0 Å². The summed E-state index contributed by atoms with van der Waals surface area (Å²) in [4.78, 5) is 34.3. The Hall–Kier alpha value is -3.93. The van der Waals surface area contributed by atoms with Gasteiger partial charge in [0.1, 0.15) is 6.54 Å². The number of nitro groups is 1. The number of urea groups is 1. The Morgan fingerprint density at radius 2 is 1.85 bits per heavy atom. The van der Waals surface area contributed by atoms with Crippen LogP contribution in [0.3, 0.4) is 0 Å². The summed E-state index contributed by atoms with van der Waals surface area (Å²) in [5.41, 5.74) is 1.67. The summed E-state index contributed by atoms with van der Waals surface area (Å²) >= 11 is 1.45. The summed E-state index contributed by atoms with van der Waals surface area (Å²) in [7, 11) is 0. The van der Waals surface area contributed by atoms with Crippen LogP contribution in [0.25, 0.3) is 5.69 Å². The minimum absolute atomic E-state index is 0.0404. The molecule has 1 atom stereocenters. The lowest BCUT2D eigenvalue weighted by molar-refractivity contribution is -0.384. The van der Waals surface area contributed by atoms with E-state index in [2.05, 4.69) is 20.8 Å². The molecule has 0 aliphatic heterocycles. The third kappa shape index (κ3) is 6.54. The molecule has 178 valence electrons. The zero-order valence-electron chi connectivity index (χ0n) is 18.6. The number of carbonyl (C=O) groups is 2. The number of hydrogen-bond donors (Lipinski definition) is 2. The average molecular weight is 485 g/mol. The first-order chi connectivity index (χ1) is 16.4. The first-order valence-electron chi connectivity index (χ1n) is 10.5. The predicted molar refractivity (Wildman–Crippen MR) is 126 cm³/mol. The highest BCUT2D eigenvalue weighted by Crippen LogP contribution is 2.28. The molecule has 12 heteroatoms. The highest BCUT2D eigenvalue weighted by atomic mass is 32.2. The minimum Gasteiger partial charge on any atom is -0.465 e. The maximum Gasteiger partial charge on any atom is 0.325 e. The third-order valence-corrected chi connectivity index (χ3v) is 5.62. The van der Waals surface area contributed by atoms with Gasteiger partial charge in [0.2, 0.25) is 0 Å². The van der Waals surface area contributed by atoms with Crippen molar-refractivity contribution in [3.05, 3.63) is 76.1 Å². The lowest BCUT2D eigenvalue weighted by atomic mass is 10.2. The van der Waals surface area contributed by atoms with Gasteiger partial charge in [-0.05, 0) is 31.5 Å². The lowest BCUT2D eigenvalue weighted by Gasteiger charge is -2.16. The van der Waals surface area contributed by atoms with Crippen LogP contribution < -0.4 is 10.6 Å². The molecule has 2 N–H and O–H groups in total. The number of non-ortho nitro benzene ring substituents is 1. The fourth-order valence-electron chi connectivity index (χ4n) is 3.02. The first kappa shape index (κ1) is 24.7. The fraction of sp³-hybridized carbons (Fsp3) is 0.273. The Bertz CT molecular complexity index is 1140. The third-order valence-electron chi connectivity index (χ3n) is 4.62. The summed E-state index contributed by atoms with van der Waals surface area (Å²) < 4.78 is 6.54. The van der Waals surface area contributed by atoms with Crippen LogP contribution in [-0.4, -0.2) is 44.8 Å². The van der Waals surface area contributed by atoms with Gasteiger partial charge in [-0.3, -0.25) is 19.5 Å². The van der Waals surface area contributed by atoms with Crippen LogP contribution in [0.1, 0.15) is 31.3 Å². The van der Waals surface area contributed by atoms with Gasteiger partial charge in [-0.15, -0.1) is 10.2 Å². The van der Waals surface area contributed by atoms with Gasteiger partial charge >= 0.3 is 12.0 Å². The van der Waals surface area contributed by atoms with Gasteiger partial charge in [-0.2, -0.15) is 0 Å². The van der Waals surface area contributed by atoms with Crippen LogP contribution in [0.4, 0.5) is 10.5 Å². The van der Waals surface area contributed by atoms with Gasteiger partial charge in [-0.1, -0.05) is 42.1 Å². The van der Waals surface area contributed by atoms with Crippen molar-refractivity contribution in [3.8, 4) is 5.69 Å². The monoisotopic (exact) mass is 484 g/mol. The second-order valence-electron chi connectivity index (χ2n) is 7.08. The van der Waals surface area contributed by atoms with E-state index in [1.807, 2.05) is 30.3 Å². The molecule has 0 saturated carbocycles. The van der Waals surface area contributed by atoms with Crippen molar-refractivity contribution >= 4 is 29.4 Å². The zero-order chi connectivity index (χ0) is 24.5. The van der Waals surface area contributed by atoms with Gasteiger partial charge in [0.05, 0.1) is 17.6 Å². The number of aromatic nitrogens is 3. The quantitative estimate of drug-likeness (QED) is 0.193. The molecule has 3 rings (SSSR count). The molecule has 11 nitrogen and oxygen atoms in total. The summed E-state index contributed by atoms with van der Waals surface area (Å²) in [5, 5.41) is 25.3.